The van der Waals surface area contributed by atoms with Crippen molar-refractivity contribution in [1.82, 2.24) is 4.98 Å². The number of alkyl halides is 2. The van der Waals surface area contributed by atoms with Gasteiger partial charge in [-0.3, -0.25) is 10.1 Å². The van der Waals surface area contributed by atoms with Gasteiger partial charge in [0.15, 0.2) is 17.2 Å². The van der Waals surface area contributed by atoms with E-state index >= 15 is 0 Å². The second-order valence-corrected chi connectivity index (χ2v) is 2.31. The van der Waals surface area contributed by atoms with Gasteiger partial charge in [0.25, 0.3) is 6.43 Å². The van der Waals surface area contributed by atoms with Crippen molar-refractivity contribution in [1.29, 1.82) is 0 Å². The molecule has 0 aliphatic rings. The highest BCUT2D eigenvalue weighted by atomic mass is 19.3. The molecule has 1 rings (SSSR count). The van der Waals surface area contributed by atoms with Gasteiger partial charge >= 0.3 is 5.69 Å². The Hall–Kier alpha value is -1.86. The van der Waals surface area contributed by atoms with Crippen molar-refractivity contribution in [2.45, 2.75) is 6.43 Å². The van der Waals surface area contributed by atoms with Crippen LogP contribution < -0.4 is 5.73 Å². The van der Waals surface area contributed by atoms with E-state index in [0.717, 1.165) is 0 Å². The third kappa shape index (κ3) is 1.58. The predicted octanol–water partition coefficient (Wildman–Crippen LogP) is 1.65. The van der Waals surface area contributed by atoms with Crippen molar-refractivity contribution in [2.75, 3.05) is 5.73 Å². The van der Waals surface area contributed by atoms with Gasteiger partial charge in [-0.05, 0) is 0 Å². The quantitative estimate of drug-likeness (QED) is 0.590. The number of hydrogen-bond donors (Lipinski definition) is 1. The van der Waals surface area contributed by atoms with Crippen LogP contribution in [0.3, 0.4) is 0 Å². The van der Waals surface area contributed by atoms with E-state index in [0.29, 0.717) is 6.20 Å². The molecular weight excluding hydrogens is 203 g/mol. The molecule has 0 fully saturated rings. The normalized spacial score (nSPS) is 10.6. The summed E-state index contributed by atoms with van der Waals surface area (Å²) in [6, 6.07) is 0. The van der Waals surface area contributed by atoms with Gasteiger partial charge in [-0.15, -0.1) is 0 Å². The lowest BCUT2D eigenvalue weighted by atomic mass is 10.2. The van der Waals surface area contributed by atoms with E-state index in [9.17, 15) is 23.3 Å². The molecule has 76 valence electrons. The maximum atomic E-state index is 12.6. The van der Waals surface area contributed by atoms with Crippen molar-refractivity contribution in [3.63, 3.8) is 0 Å². The molecular formula is C6H4F3N3O2. The Morgan fingerprint density at radius 2 is 2.14 bits per heavy atom. The average Bonchev–Trinajstić information content (AvgIpc) is 2.08. The van der Waals surface area contributed by atoms with E-state index in [1.54, 1.807) is 0 Å². The number of nitrogens with two attached hydrogens (primary N) is 1. The van der Waals surface area contributed by atoms with Crippen LogP contribution in [0.1, 0.15) is 12.1 Å². The summed E-state index contributed by atoms with van der Waals surface area (Å²) in [5, 5.41) is 10.3. The second-order valence-electron chi connectivity index (χ2n) is 2.31. The molecule has 1 aromatic heterocycles. The van der Waals surface area contributed by atoms with E-state index in [4.69, 9.17) is 5.73 Å². The van der Waals surface area contributed by atoms with Crippen LogP contribution in [-0.2, 0) is 0 Å². The van der Waals surface area contributed by atoms with Crippen LogP contribution >= 0.6 is 0 Å². The molecule has 2 N–H and O–H groups in total. The van der Waals surface area contributed by atoms with Gasteiger partial charge in [0.2, 0.25) is 0 Å². The molecule has 0 radical (unpaired) electrons. The number of nitrogens with zero attached hydrogens (tertiary/aromatic N) is 2. The van der Waals surface area contributed by atoms with Crippen LogP contribution in [0, 0.1) is 15.9 Å². The standard InChI is InChI=1S/C6H4F3N3O2/c7-2-1-11-4(6(8)9)5(3(2)10)12(13)14/h1,6H,(H2,10,11). The van der Waals surface area contributed by atoms with Crippen molar-refractivity contribution in [2.24, 2.45) is 0 Å². The molecule has 8 heteroatoms. The maximum Gasteiger partial charge on any atom is 0.322 e. The first-order chi connectivity index (χ1) is 6.45. The number of halogens is 3. The number of pyridine rings is 1. The summed E-state index contributed by atoms with van der Waals surface area (Å²) in [6.45, 7) is 0. The highest BCUT2D eigenvalue weighted by Crippen LogP contribution is 2.32. The largest absolute Gasteiger partial charge is 0.391 e. The number of hydrogen-bond acceptors (Lipinski definition) is 4. The van der Waals surface area contributed by atoms with Crippen LogP contribution in [0.15, 0.2) is 6.20 Å². The SMILES string of the molecule is Nc1c(F)cnc(C(F)F)c1[N+](=O)[O-]. The number of aromatic nitrogens is 1. The van der Waals surface area contributed by atoms with Gasteiger partial charge in [0.1, 0.15) is 0 Å². The summed E-state index contributed by atoms with van der Waals surface area (Å²) in [7, 11) is 0. The molecule has 0 aliphatic carbocycles. The van der Waals surface area contributed by atoms with Gasteiger partial charge in [-0.2, -0.15) is 0 Å². The fraction of sp³-hybridized carbons (Fsp3) is 0.167. The molecule has 0 atom stereocenters. The van der Waals surface area contributed by atoms with Gasteiger partial charge in [0.05, 0.1) is 11.1 Å². The van der Waals surface area contributed by atoms with E-state index in [-0.39, 0.29) is 0 Å². The molecule has 1 heterocycles. The van der Waals surface area contributed by atoms with Crippen molar-refractivity contribution < 1.29 is 18.1 Å². The lowest BCUT2D eigenvalue weighted by Crippen LogP contribution is -2.05. The first kappa shape index (κ1) is 10.2. The Bertz CT molecular complexity index is 383. The maximum absolute atomic E-state index is 12.6. The van der Waals surface area contributed by atoms with Crippen molar-refractivity contribution >= 4 is 11.4 Å². The summed E-state index contributed by atoms with van der Waals surface area (Å²) in [6.07, 6.45) is -2.75. The molecule has 0 spiro atoms. The number of nitro groups is 1. The zero-order valence-electron chi connectivity index (χ0n) is 6.58. The van der Waals surface area contributed by atoms with E-state index in [1.807, 2.05) is 0 Å². The summed E-state index contributed by atoms with van der Waals surface area (Å²) in [5.41, 5.74) is 1.69. The van der Waals surface area contributed by atoms with Crippen LogP contribution in [0.4, 0.5) is 24.5 Å². The average molecular weight is 207 g/mol. The number of nitrogen functional groups attached to an aromatic ring is 1. The molecule has 5 nitrogen and oxygen atoms in total. The molecule has 0 aromatic carbocycles. The highest BCUT2D eigenvalue weighted by Gasteiger charge is 2.28. The van der Waals surface area contributed by atoms with Crippen LogP contribution in [-0.4, -0.2) is 9.91 Å². The molecule has 0 saturated heterocycles. The van der Waals surface area contributed by atoms with Gasteiger partial charge in [-0.25, -0.2) is 18.2 Å². The zero-order chi connectivity index (χ0) is 10.9. The van der Waals surface area contributed by atoms with Crippen molar-refractivity contribution in [3.05, 3.63) is 27.8 Å². The van der Waals surface area contributed by atoms with Gasteiger partial charge in [-0.1, -0.05) is 0 Å². The minimum Gasteiger partial charge on any atom is -0.391 e. The first-order valence-corrected chi connectivity index (χ1v) is 3.31. The summed E-state index contributed by atoms with van der Waals surface area (Å²) < 4.78 is 37.0. The van der Waals surface area contributed by atoms with Crippen molar-refractivity contribution in [3.8, 4) is 0 Å². The first-order valence-electron chi connectivity index (χ1n) is 3.31. The fourth-order valence-electron chi connectivity index (χ4n) is 0.860. The smallest absolute Gasteiger partial charge is 0.322 e. The molecule has 0 unspecified atom stereocenters. The molecule has 0 amide bonds. The van der Waals surface area contributed by atoms with Crippen LogP contribution in [0.2, 0.25) is 0 Å². The summed E-state index contributed by atoms with van der Waals surface area (Å²) in [5.74, 6) is -1.19. The Labute approximate surface area is 75.5 Å². The van der Waals surface area contributed by atoms with E-state index in [1.165, 1.54) is 0 Å². The second kappa shape index (κ2) is 3.48. The topological polar surface area (TPSA) is 82.0 Å². The Morgan fingerprint density at radius 1 is 1.57 bits per heavy atom. The predicted molar refractivity (Wildman–Crippen MR) is 40.2 cm³/mol. The Morgan fingerprint density at radius 3 is 2.57 bits per heavy atom. The van der Waals surface area contributed by atoms with Crippen LogP contribution in [0.5, 0.6) is 0 Å². The molecule has 1 aromatic rings. The summed E-state index contributed by atoms with van der Waals surface area (Å²) in [4.78, 5) is 12.0. The van der Waals surface area contributed by atoms with Gasteiger partial charge < -0.3 is 5.73 Å². The summed E-state index contributed by atoms with van der Waals surface area (Å²) >= 11 is 0. The third-order valence-corrected chi connectivity index (χ3v) is 1.46. The highest BCUT2D eigenvalue weighted by molar-refractivity contribution is 5.61. The minimum atomic E-state index is -3.17. The Kier molecular flexibility index (Phi) is 2.54. The van der Waals surface area contributed by atoms with E-state index in [2.05, 4.69) is 4.98 Å². The zero-order valence-corrected chi connectivity index (χ0v) is 6.58. The Balaban J connectivity index is 3.45. The molecule has 0 aliphatic heterocycles. The van der Waals surface area contributed by atoms with E-state index < -0.39 is 34.2 Å². The molecule has 0 bridgehead atoms. The molecule has 0 saturated carbocycles. The lowest BCUT2D eigenvalue weighted by Gasteiger charge is -2.03. The third-order valence-electron chi connectivity index (χ3n) is 1.46. The monoisotopic (exact) mass is 207 g/mol. The number of rotatable bonds is 2. The number of anilines is 1. The van der Waals surface area contributed by atoms with Crippen LogP contribution in [0.25, 0.3) is 0 Å². The minimum absolute atomic E-state index is 0.420. The van der Waals surface area contributed by atoms with Gasteiger partial charge in [0, 0.05) is 0 Å². The molecule has 14 heavy (non-hydrogen) atoms. The lowest BCUT2D eigenvalue weighted by molar-refractivity contribution is -0.385. The fourth-order valence-corrected chi connectivity index (χ4v) is 0.860.